The van der Waals surface area contributed by atoms with E-state index in [1.165, 1.54) is 0 Å². The molecule has 0 unspecified atom stereocenters. The van der Waals surface area contributed by atoms with E-state index in [0.29, 0.717) is 13.1 Å². The van der Waals surface area contributed by atoms with Crippen molar-refractivity contribution in [3.05, 3.63) is 0 Å². The van der Waals surface area contributed by atoms with Gasteiger partial charge in [-0.15, -0.1) is 0 Å². The predicted octanol–water partition coefficient (Wildman–Crippen LogP) is 0.651. The van der Waals surface area contributed by atoms with Gasteiger partial charge in [-0.2, -0.15) is 0 Å². The summed E-state index contributed by atoms with van der Waals surface area (Å²) in [5.74, 6) is -0.528. The minimum absolute atomic E-state index is 0.0421. The molecule has 0 aromatic rings. The van der Waals surface area contributed by atoms with Crippen molar-refractivity contribution in [2.45, 2.75) is 25.7 Å². The average molecular weight is 242 g/mol. The highest BCUT2D eigenvalue weighted by Crippen LogP contribution is 2.31. The summed E-state index contributed by atoms with van der Waals surface area (Å²) in [4.78, 5) is 26.2. The molecule has 0 atom stereocenters. The van der Waals surface area contributed by atoms with E-state index in [1.807, 2.05) is 14.1 Å². The Kier molecular flexibility index (Phi) is 5.41. The average Bonchev–Trinajstić information content (AvgIpc) is 3.04. The fraction of sp³-hybridized carbons (Fsp3) is 0.833. The summed E-state index contributed by atoms with van der Waals surface area (Å²) in [6.45, 7) is 1.93. The van der Waals surface area contributed by atoms with E-state index in [0.717, 1.165) is 25.8 Å². The first-order valence-electron chi connectivity index (χ1n) is 6.16. The van der Waals surface area contributed by atoms with Crippen LogP contribution in [-0.2, 0) is 9.59 Å². The number of carbonyl (C=O) groups excluding carboxylic acids is 1. The summed E-state index contributed by atoms with van der Waals surface area (Å²) in [6, 6.07) is 0. The molecule has 0 spiro atoms. The van der Waals surface area contributed by atoms with Gasteiger partial charge < -0.3 is 14.9 Å². The summed E-state index contributed by atoms with van der Waals surface area (Å²) in [7, 11) is 3.98. The maximum Gasteiger partial charge on any atom is 0.305 e. The van der Waals surface area contributed by atoms with Gasteiger partial charge in [-0.3, -0.25) is 9.59 Å². The second-order valence-corrected chi connectivity index (χ2v) is 4.90. The van der Waals surface area contributed by atoms with Crippen molar-refractivity contribution in [3.8, 4) is 0 Å². The van der Waals surface area contributed by atoms with Crippen molar-refractivity contribution in [2.75, 3.05) is 33.7 Å². The minimum Gasteiger partial charge on any atom is -0.481 e. The van der Waals surface area contributed by atoms with E-state index in [-0.39, 0.29) is 18.2 Å². The molecule has 0 aliphatic heterocycles. The highest BCUT2D eigenvalue weighted by molar-refractivity contribution is 5.81. The molecule has 5 nitrogen and oxygen atoms in total. The van der Waals surface area contributed by atoms with Crippen LogP contribution in [0.5, 0.6) is 0 Å². The SMILES string of the molecule is CN(C)CCCN(CCC(=O)O)C(=O)C1CC1. The lowest BCUT2D eigenvalue weighted by Crippen LogP contribution is -2.36. The number of carbonyl (C=O) groups is 2. The molecule has 0 bridgehead atoms. The molecule has 1 fully saturated rings. The van der Waals surface area contributed by atoms with E-state index in [2.05, 4.69) is 4.90 Å². The second kappa shape index (κ2) is 6.59. The second-order valence-electron chi connectivity index (χ2n) is 4.90. The van der Waals surface area contributed by atoms with Crippen LogP contribution in [0.15, 0.2) is 0 Å². The summed E-state index contributed by atoms with van der Waals surface area (Å²) < 4.78 is 0. The van der Waals surface area contributed by atoms with Gasteiger partial charge in [0, 0.05) is 19.0 Å². The molecule has 98 valence electrons. The number of hydrogen-bond acceptors (Lipinski definition) is 3. The first-order valence-corrected chi connectivity index (χ1v) is 6.16. The molecule has 1 saturated carbocycles. The van der Waals surface area contributed by atoms with Gasteiger partial charge in [0.1, 0.15) is 0 Å². The zero-order valence-electron chi connectivity index (χ0n) is 10.7. The Balaban J connectivity index is 2.34. The lowest BCUT2D eigenvalue weighted by atomic mass is 10.2. The van der Waals surface area contributed by atoms with Gasteiger partial charge in [-0.05, 0) is 39.9 Å². The highest BCUT2D eigenvalue weighted by Gasteiger charge is 2.33. The van der Waals surface area contributed by atoms with Crippen LogP contribution in [0.1, 0.15) is 25.7 Å². The monoisotopic (exact) mass is 242 g/mol. The Morgan fingerprint density at radius 1 is 1.18 bits per heavy atom. The smallest absolute Gasteiger partial charge is 0.305 e. The summed E-state index contributed by atoms with van der Waals surface area (Å²) in [5.41, 5.74) is 0. The zero-order valence-corrected chi connectivity index (χ0v) is 10.7. The fourth-order valence-corrected chi connectivity index (χ4v) is 1.73. The van der Waals surface area contributed by atoms with Crippen LogP contribution >= 0.6 is 0 Å². The van der Waals surface area contributed by atoms with Crippen LogP contribution < -0.4 is 0 Å². The quantitative estimate of drug-likeness (QED) is 0.679. The van der Waals surface area contributed by atoms with Crippen molar-refractivity contribution < 1.29 is 14.7 Å². The van der Waals surface area contributed by atoms with Gasteiger partial charge in [0.25, 0.3) is 0 Å². The number of carboxylic acid groups (broad SMARTS) is 1. The Morgan fingerprint density at radius 3 is 2.29 bits per heavy atom. The van der Waals surface area contributed by atoms with Gasteiger partial charge in [0.15, 0.2) is 0 Å². The van der Waals surface area contributed by atoms with E-state index in [9.17, 15) is 9.59 Å². The molecule has 0 radical (unpaired) electrons. The van der Waals surface area contributed by atoms with Crippen LogP contribution in [0.2, 0.25) is 0 Å². The van der Waals surface area contributed by atoms with Gasteiger partial charge in [-0.1, -0.05) is 0 Å². The van der Waals surface area contributed by atoms with E-state index >= 15 is 0 Å². The first kappa shape index (κ1) is 14.0. The molecular weight excluding hydrogens is 220 g/mol. The Bertz CT molecular complexity index is 275. The molecule has 1 amide bonds. The zero-order chi connectivity index (χ0) is 12.8. The lowest BCUT2D eigenvalue weighted by molar-refractivity contribution is -0.138. The molecule has 0 saturated heterocycles. The number of aliphatic carboxylic acids is 1. The third-order valence-corrected chi connectivity index (χ3v) is 2.87. The summed E-state index contributed by atoms with van der Waals surface area (Å²) >= 11 is 0. The number of nitrogens with zero attached hydrogens (tertiary/aromatic N) is 2. The van der Waals surface area contributed by atoms with Crippen molar-refractivity contribution in [1.82, 2.24) is 9.80 Å². The first-order chi connectivity index (χ1) is 8.00. The van der Waals surface area contributed by atoms with Gasteiger partial charge in [0.05, 0.1) is 6.42 Å². The highest BCUT2D eigenvalue weighted by atomic mass is 16.4. The van der Waals surface area contributed by atoms with Crippen molar-refractivity contribution in [2.24, 2.45) is 5.92 Å². The topological polar surface area (TPSA) is 60.9 Å². The van der Waals surface area contributed by atoms with Crippen LogP contribution in [0, 0.1) is 5.92 Å². The Labute approximate surface area is 102 Å². The molecule has 1 N–H and O–H groups in total. The van der Waals surface area contributed by atoms with Gasteiger partial charge in [0.2, 0.25) is 5.91 Å². The summed E-state index contributed by atoms with van der Waals surface area (Å²) in [5, 5.41) is 8.67. The summed E-state index contributed by atoms with van der Waals surface area (Å²) in [6.07, 6.45) is 2.87. The maximum atomic E-state index is 11.9. The molecule has 17 heavy (non-hydrogen) atoms. The standard InChI is InChI=1S/C12H22N2O3/c1-13(2)7-3-8-14(9-6-11(15)16)12(17)10-4-5-10/h10H,3-9H2,1-2H3,(H,15,16). The lowest BCUT2D eigenvalue weighted by Gasteiger charge is -2.22. The molecule has 5 heteroatoms. The predicted molar refractivity (Wildman–Crippen MR) is 64.7 cm³/mol. The van der Waals surface area contributed by atoms with Crippen LogP contribution in [0.4, 0.5) is 0 Å². The van der Waals surface area contributed by atoms with Crippen molar-refractivity contribution in [1.29, 1.82) is 0 Å². The third-order valence-electron chi connectivity index (χ3n) is 2.87. The minimum atomic E-state index is -0.841. The van der Waals surface area contributed by atoms with E-state index < -0.39 is 5.97 Å². The van der Waals surface area contributed by atoms with Crippen LogP contribution in [0.25, 0.3) is 0 Å². The molecule has 1 aliphatic carbocycles. The van der Waals surface area contributed by atoms with Gasteiger partial charge >= 0.3 is 5.97 Å². The molecule has 0 aromatic carbocycles. The molecular formula is C12H22N2O3. The number of hydrogen-bond donors (Lipinski definition) is 1. The van der Waals surface area contributed by atoms with Crippen molar-refractivity contribution >= 4 is 11.9 Å². The Morgan fingerprint density at radius 2 is 1.82 bits per heavy atom. The van der Waals surface area contributed by atoms with Crippen LogP contribution in [0.3, 0.4) is 0 Å². The van der Waals surface area contributed by atoms with Crippen LogP contribution in [-0.4, -0.2) is 60.5 Å². The number of amides is 1. The number of carboxylic acids is 1. The largest absolute Gasteiger partial charge is 0.481 e. The van der Waals surface area contributed by atoms with Crippen molar-refractivity contribution in [3.63, 3.8) is 0 Å². The number of rotatable bonds is 8. The third kappa shape index (κ3) is 5.68. The maximum absolute atomic E-state index is 11.9. The molecule has 1 rings (SSSR count). The van der Waals surface area contributed by atoms with E-state index in [1.54, 1.807) is 4.90 Å². The Hall–Kier alpha value is -1.10. The molecule has 1 aliphatic rings. The van der Waals surface area contributed by atoms with E-state index in [4.69, 9.17) is 5.11 Å². The fourth-order valence-electron chi connectivity index (χ4n) is 1.73. The molecule has 0 heterocycles. The normalized spacial score (nSPS) is 15.0. The molecule has 0 aromatic heterocycles. The van der Waals surface area contributed by atoms with Gasteiger partial charge in [-0.25, -0.2) is 0 Å².